The molecule has 0 amide bonds. The van der Waals surface area contributed by atoms with Gasteiger partial charge in [0.15, 0.2) is 0 Å². The van der Waals surface area contributed by atoms with E-state index in [-0.39, 0.29) is 0 Å². The lowest BCUT2D eigenvalue weighted by molar-refractivity contribution is 0.113. The number of hydrogen-bond acceptors (Lipinski definition) is 1. The van der Waals surface area contributed by atoms with Crippen molar-refractivity contribution < 1.29 is 4.74 Å². The summed E-state index contributed by atoms with van der Waals surface area (Å²) in [6, 6.07) is 0. The lowest BCUT2D eigenvalue weighted by Gasteiger charge is -2.35. The van der Waals surface area contributed by atoms with Crippen LogP contribution in [-0.2, 0) is 4.74 Å². The van der Waals surface area contributed by atoms with Crippen LogP contribution in [0.15, 0.2) is 12.2 Å². The normalized spacial score (nSPS) is 65.0. The van der Waals surface area contributed by atoms with Crippen molar-refractivity contribution in [2.75, 3.05) is 0 Å². The molecule has 0 aromatic carbocycles. The number of ether oxygens (including phenoxy) is 1. The molecular formula is C15H20O. The molecule has 1 heteroatoms. The summed E-state index contributed by atoms with van der Waals surface area (Å²) in [4.78, 5) is 0. The fourth-order valence-electron chi connectivity index (χ4n) is 5.39. The summed E-state index contributed by atoms with van der Waals surface area (Å²) in [7, 11) is 0. The van der Waals surface area contributed by atoms with Crippen LogP contribution in [0.4, 0.5) is 0 Å². The molecule has 16 heavy (non-hydrogen) atoms. The smallest absolute Gasteiger partial charge is 0.0878 e. The highest BCUT2D eigenvalue weighted by molar-refractivity contribution is 5.16. The zero-order chi connectivity index (χ0) is 10.3. The summed E-state index contributed by atoms with van der Waals surface area (Å²) in [5, 5.41) is 0. The third-order valence-corrected chi connectivity index (χ3v) is 6.25. The number of allylic oxidation sites excluding steroid dienone is 2. The van der Waals surface area contributed by atoms with E-state index in [2.05, 4.69) is 12.2 Å². The van der Waals surface area contributed by atoms with E-state index < -0.39 is 0 Å². The molecule has 0 aromatic heterocycles. The zero-order valence-corrected chi connectivity index (χ0v) is 9.72. The second-order valence-corrected chi connectivity index (χ2v) is 6.84. The molecular weight excluding hydrogens is 196 g/mol. The first-order chi connectivity index (χ1) is 7.92. The summed E-state index contributed by atoms with van der Waals surface area (Å²) in [6.07, 6.45) is 13.7. The summed E-state index contributed by atoms with van der Waals surface area (Å²) in [6.45, 7) is 0. The maximum Gasteiger partial charge on any atom is 0.0878 e. The summed E-state index contributed by atoms with van der Waals surface area (Å²) in [5.74, 6) is 6.06. The van der Waals surface area contributed by atoms with Gasteiger partial charge in [0.2, 0.25) is 0 Å². The lowest BCUT2D eigenvalue weighted by Crippen LogP contribution is -2.30. The molecule has 1 heterocycles. The average Bonchev–Trinajstić information content (AvgIpc) is 3.16. The van der Waals surface area contributed by atoms with E-state index >= 15 is 0 Å². The molecule has 4 fully saturated rings. The van der Waals surface area contributed by atoms with Crippen LogP contribution in [0.1, 0.15) is 32.1 Å². The Bertz CT molecular complexity index is 360. The van der Waals surface area contributed by atoms with Crippen LogP contribution in [-0.4, -0.2) is 12.2 Å². The van der Waals surface area contributed by atoms with Crippen molar-refractivity contribution >= 4 is 0 Å². The Morgan fingerprint density at radius 1 is 0.938 bits per heavy atom. The van der Waals surface area contributed by atoms with Crippen molar-refractivity contribution in [2.24, 2.45) is 35.5 Å². The van der Waals surface area contributed by atoms with Gasteiger partial charge in [-0.15, -0.1) is 0 Å². The van der Waals surface area contributed by atoms with Gasteiger partial charge in [-0.25, -0.2) is 0 Å². The van der Waals surface area contributed by atoms with Crippen LogP contribution in [0.5, 0.6) is 0 Å². The average molecular weight is 216 g/mol. The first-order valence-corrected chi connectivity index (χ1v) is 7.24. The Morgan fingerprint density at radius 3 is 2.94 bits per heavy atom. The van der Waals surface area contributed by atoms with Crippen molar-refractivity contribution in [1.82, 2.24) is 0 Å². The SMILES string of the molecule is C1=CC2C3CCC4CC4C3CC3OC3C2C1. The van der Waals surface area contributed by atoms with Gasteiger partial charge in [-0.1, -0.05) is 12.2 Å². The van der Waals surface area contributed by atoms with Crippen LogP contribution in [0.2, 0.25) is 0 Å². The molecule has 0 N–H and O–H groups in total. The van der Waals surface area contributed by atoms with E-state index in [4.69, 9.17) is 4.74 Å². The van der Waals surface area contributed by atoms with Gasteiger partial charge in [0.25, 0.3) is 0 Å². The van der Waals surface area contributed by atoms with E-state index in [0.717, 1.165) is 35.5 Å². The molecule has 0 spiro atoms. The summed E-state index contributed by atoms with van der Waals surface area (Å²) >= 11 is 0. The number of hydrogen-bond donors (Lipinski definition) is 0. The predicted octanol–water partition coefficient (Wildman–Crippen LogP) is 3.01. The summed E-state index contributed by atoms with van der Waals surface area (Å²) < 4.78 is 5.95. The van der Waals surface area contributed by atoms with Crippen LogP contribution < -0.4 is 0 Å². The van der Waals surface area contributed by atoms with Gasteiger partial charge in [0, 0.05) is 0 Å². The Morgan fingerprint density at radius 2 is 1.94 bits per heavy atom. The number of rotatable bonds is 0. The van der Waals surface area contributed by atoms with Crippen molar-refractivity contribution in [3.63, 3.8) is 0 Å². The Labute approximate surface area is 97.2 Å². The maximum absolute atomic E-state index is 5.95. The Kier molecular flexibility index (Phi) is 1.50. The molecule has 1 nitrogen and oxygen atoms in total. The standard InChI is InChI=1S/C15H20O/c1-2-9-10-5-4-8-6-12(8)13(10)7-14-15(16-14)11(9)3-1/h1-2,8-15H,3-7H2. The van der Waals surface area contributed by atoms with Gasteiger partial charge < -0.3 is 4.74 Å². The minimum Gasteiger partial charge on any atom is -0.369 e. The highest BCUT2D eigenvalue weighted by atomic mass is 16.6. The largest absolute Gasteiger partial charge is 0.369 e. The number of fused-ring (bicyclic) bond motifs is 7. The molecule has 3 saturated carbocycles. The topological polar surface area (TPSA) is 12.5 Å². The van der Waals surface area contributed by atoms with E-state index in [0.29, 0.717) is 12.2 Å². The van der Waals surface area contributed by atoms with E-state index in [9.17, 15) is 0 Å². The van der Waals surface area contributed by atoms with Gasteiger partial charge in [-0.3, -0.25) is 0 Å². The molecule has 86 valence electrons. The van der Waals surface area contributed by atoms with Gasteiger partial charge in [0.05, 0.1) is 12.2 Å². The molecule has 0 aromatic rings. The fraction of sp³-hybridized carbons (Fsp3) is 0.867. The van der Waals surface area contributed by atoms with Crippen molar-refractivity contribution in [2.45, 2.75) is 44.3 Å². The molecule has 5 rings (SSSR count). The zero-order valence-electron chi connectivity index (χ0n) is 9.72. The van der Waals surface area contributed by atoms with Crippen LogP contribution in [0.25, 0.3) is 0 Å². The first kappa shape index (κ1) is 8.74. The molecule has 1 aliphatic heterocycles. The molecule has 5 aliphatic rings. The maximum atomic E-state index is 5.95. The summed E-state index contributed by atoms with van der Waals surface area (Å²) in [5.41, 5.74) is 0. The van der Waals surface area contributed by atoms with Gasteiger partial charge in [0.1, 0.15) is 0 Å². The van der Waals surface area contributed by atoms with Crippen molar-refractivity contribution in [1.29, 1.82) is 0 Å². The number of epoxide rings is 1. The second-order valence-electron chi connectivity index (χ2n) is 6.84. The van der Waals surface area contributed by atoms with Crippen molar-refractivity contribution in [3.8, 4) is 0 Å². The highest BCUT2D eigenvalue weighted by Crippen LogP contribution is 2.63. The molecule has 8 unspecified atom stereocenters. The quantitative estimate of drug-likeness (QED) is 0.448. The molecule has 1 saturated heterocycles. The molecule has 0 radical (unpaired) electrons. The second kappa shape index (κ2) is 2.75. The van der Waals surface area contributed by atoms with Crippen LogP contribution in [0, 0.1) is 35.5 Å². The monoisotopic (exact) mass is 216 g/mol. The van der Waals surface area contributed by atoms with E-state index in [1.54, 1.807) is 12.8 Å². The van der Waals surface area contributed by atoms with Gasteiger partial charge in [-0.2, -0.15) is 0 Å². The fourth-order valence-corrected chi connectivity index (χ4v) is 5.39. The highest BCUT2D eigenvalue weighted by Gasteiger charge is 2.60. The first-order valence-electron chi connectivity index (χ1n) is 7.24. The van der Waals surface area contributed by atoms with Crippen molar-refractivity contribution in [3.05, 3.63) is 12.2 Å². The van der Waals surface area contributed by atoms with Crippen LogP contribution in [0.3, 0.4) is 0 Å². The molecule has 4 aliphatic carbocycles. The third-order valence-electron chi connectivity index (χ3n) is 6.25. The minimum atomic E-state index is 0.655. The third kappa shape index (κ3) is 1.01. The van der Waals surface area contributed by atoms with E-state index in [1.807, 2.05) is 0 Å². The predicted molar refractivity (Wildman–Crippen MR) is 61.8 cm³/mol. The minimum absolute atomic E-state index is 0.655. The Balaban J connectivity index is 1.54. The molecule has 0 bridgehead atoms. The van der Waals surface area contributed by atoms with Crippen LogP contribution >= 0.6 is 0 Å². The Hall–Kier alpha value is -0.300. The van der Waals surface area contributed by atoms with Gasteiger partial charge in [-0.05, 0) is 67.6 Å². The van der Waals surface area contributed by atoms with Gasteiger partial charge >= 0.3 is 0 Å². The lowest BCUT2D eigenvalue weighted by atomic mass is 9.70. The molecule has 8 atom stereocenters. The van der Waals surface area contributed by atoms with E-state index in [1.165, 1.54) is 19.3 Å².